The second-order valence-corrected chi connectivity index (χ2v) is 7.26. The minimum absolute atomic E-state index is 0.0581. The SMILES string of the molecule is NCC(=O)NC(CCC(N)=O)C(=O)NC(Cc1ccc(O)cc1)C(=O)NC(CC(=O)O)C(=O)O. The monoisotopic (exact) mass is 481 g/mol. The van der Waals surface area contributed by atoms with E-state index >= 15 is 0 Å². The summed E-state index contributed by atoms with van der Waals surface area (Å²) in [6.07, 6.45) is -1.55. The topological polar surface area (TPSA) is 251 Å². The number of aromatic hydroxyl groups is 1. The zero-order valence-corrected chi connectivity index (χ0v) is 18.0. The number of aliphatic carboxylic acids is 2. The molecule has 1 aromatic carbocycles. The molecule has 0 heterocycles. The molecule has 3 unspecified atom stereocenters. The van der Waals surface area contributed by atoms with Crippen molar-refractivity contribution in [1.29, 1.82) is 0 Å². The molecule has 14 heteroatoms. The van der Waals surface area contributed by atoms with E-state index in [1.165, 1.54) is 24.3 Å². The zero-order chi connectivity index (χ0) is 25.8. The molecule has 0 aliphatic rings. The number of hydrogen-bond acceptors (Lipinski definition) is 8. The second-order valence-electron chi connectivity index (χ2n) is 7.26. The van der Waals surface area contributed by atoms with Crippen molar-refractivity contribution in [3.8, 4) is 5.75 Å². The van der Waals surface area contributed by atoms with Gasteiger partial charge in [0.1, 0.15) is 23.9 Å². The molecule has 0 aromatic heterocycles. The Labute approximate surface area is 193 Å². The van der Waals surface area contributed by atoms with Crippen molar-refractivity contribution in [1.82, 2.24) is 16.0 Å². The molecule has 4 amide bonds. The highest BCUT2D eigenvalue weighted by atomic mass is 16.4. The average molecular weight is 481 g/mol. The maximum Gasteiger partial charge on any atom is 0.326 e. The molecular formula is C20H27N5O9. The number of hydrogen-bond donors (Lipinski definition) is 8. The molecule has 10 N–H and O–H groups in total. The molecule has 0 radical (unpaired) electrons. The standard InChI is InChI=1S/C20H27N5O9/c21-9-16(28)23-12(5-6-15(22)27)18(31)24-13(7-10-1-3-11(26)4-2-10)19(32)25-14(20(33)34)8-17(29)30/h1-4,12-14,26H,5-9,21H2,(H2,22,27)(H,23,28)(H,24,31)(H,25,32)(H,29,30)(H,33,34). The number of phenolic OH excluding ortho intramolecular Hbond substituents is 1. The number of rotatable bonds is 14. The van der Waals surface area contributed by atoms with Crippen LogP contribution in [0.1, 0.15) is 24.8 Å². The largest absolute Gasteiger partial charge is 0.508 e. The van der Waals surface area contributed by atoms with Crippen LogP contribution in [0.3, 0.4) is 0 Å². The van der Waals surface area contributed by atoms with E-state index in [-0.39, 0.29) is 25.0 Å². The van der Waals surface area contributed by atoms with Crippen LogP contribution < -0.4 is 27.4 Å². The van der Waals surface area contributed by atoms with Crippen LogP contribution in [0.4, 0.5) is 0 Å². The van der Waals surface area contributed by atoms with E-state index in [0.29, 0.717) is 5.56 Å². The van der Waals surface area contributed by atoms with Crippen LogP contribution >= 0.6 is 0 Å². The van der Waals surface area contributed by atoms with Gasteiger partial charge in [0.05, 0.1) is 13.0 Å². The Morgan fingerprint density at radius 3 is 1.91 bits per heavy atom. The Kier molecular flexibility index (Phi) is 10.9. The summed E-state index contributed by atoms with van der Waals surface area (Å²) in [5, 5.41) is 34.2. The molecule has 186 valence electrons. The van der Waals surface area contributed by atoms with Crippen LogP contribution in [0.2, 0.25) is 0 Å². The normalized spacial score (nSPS) is 13.1. The van der Waals surface area contributed by atoms with Crippen LogP contribution in [0.25, 0.3) is 0 Å². The van der Waals surface area contributed by atoms with Crippen LogP contribution in [0, 0.1) is 0 Å². The van der Waals surface area contributed by atoms with Crippen molar-refractivity contribution in [3.63, 3.8) is 0 Å². The average Bonchev–Trinajstić information content (AvgIpc) is 2.76. The number of carboxylic acids is 2. The van der Waals surface area contributed by atoms with Gasteiger partial charge in [-0.15, -0.1) is 0 Å². The number of primary amides is 1. The van der Waals surface area contributed by atoms with Gasteiger partial charge in [0.15, 0.2) is 0 Å². The van der Waals surface area contributed by atoms with Gasteiger partial charge in [-0.1, -0.05) is 12.1 Å². The first-order valence-electron chi connectivity index (χ1n) is 10.0. The summed E-state index contributed by atoms with van der Waals surface area (Å²) in [5.41, 5.74) is 10.8. The molecule has 0 aliphatic carbocycles. The predicted octanol–water partition coefficient (Wildman–Crippen LogP) is -2.83. The molecule has 0 aliphatic heterocycles. The molecule has 0 saturated heterocycles. The third kappa shape index (κ3) is 9.95. The van der Waals surface area contributed by atoms with Gasteiger partial charge in [-0.25, -0.2) is 4.79 Å². The minimum atomic E-state index is -1.77. The first-order valence-corrected chi connectivity index (χ1v) is 10.0. The highest BCUT2D eigenvalue weighted by molar-refractivity contribution is 5.94. The van der Waals surface area contributed by atoms with Crippen molar-refractivity contribution in [2.24, 2.45) is 11.5 Å². The van der Waals surface area contributed by atoms with Gasteiger partial charge in [0, 0.05) is 12.8 Å². The lowest BCUT2D eigenvalue weighted by atomic mass is 10.0. The van der Waals surface area contributed by atoms with Gasteiger partial charge in [0.25, 0.3) is 0 Å². The molecule has 34 heavy (non-hydrogen) atoms. The van der Waals surface area contributed by atoms with E-state index in [9.17, 15) is 39.0 Å². The van der Waals surface area contributed by atoms with E-state index < -0.39 is 66.7 Å². The molecule has 0 fully saturated rings. The summed E-state index contributed by atoms with van der Waals surface area (Å²) in [7, 11) is 0. The third-order valence-electron chi connectivity index (χ3n) is 4.52. The van der Waals surface area contributed by atoms with E-state index in [0.717, 1.165) is 0 Å². The van der Waals surface area contributed by atoms with Gasteiger partial charge < -0.3 is 42.7 Å². The fourth-order valence-corrected chi connectivity index (χ4v) is 2.80. The maximum absolute atomic E-state index is 12.8. The van der Waals surface area contributed by atoms with Gasteiger partial charge in [-0.2, -0.15) is 0 Å². The molecule has 0 bridgehead atoms. The Morgan fingerprint density at radius 1 is 0.853 bits per heavy atom. The highest BCUT2D eigenvalue weighted by Gasteiger charge is 2.30. The number of nitrogens with one attached hydrogen (secondary N) is 3. The Hall–Kier alpha value is -4.20. The summed E-state index contributed by atoms with van der Waals surface area (Å²) in [5.74, 6) is -6.46. The molecule has 1 rings (SSSR count). The lowest BCUT2D eigenvalue weighted by Gasteiger charge is -2.24. The third-order valence-corrected chi connectivity index (χ3v) is 4.52. The number of amides is 4. The Morgan fingerprint density at radius 2 is 1.41 bits per heavy atom. The van der Waals surface area contributed by atoms with E-state index in [2.05, 4.69) is 16.0 Å². The number of carbonyl (C=O) groups excluding carboxylic acids is 4. The summed E-state index contributed by atoms with van der Waals surface area (Å²) >= 11 is 0. The number of nitrogens with two attached hydrogens (primary N) is 2. The Bertz CT molecular complexity index is 920. The fourth-order valence-electron chi connectivity index (χ4n) is 2.80. The van der Waals surface area contributed by atoms with E-state index in [1.807, 2.05) is 0 Å². The molecule has 1 aromatic rings. The number of benzene rings is 1. The van der Waals surface area contributed by atoms with Crippen molar-refractivity contribution in [2.45, 2.75) is 43.8 Å². The number of carbonyl (C=O) groups is 6. The van der Waals surface area contributed by atoms with Crippen molar-refractivity contribution < 1.29 is 44.1 Å². The van der Waals surface area contributed by atoms with Crippen molar-refractivity contribution >= 4 is 35.6 Å². The molecule has 14 nitrogen and oxygen atoms in total. The summed E-state index contributed by atoms with van der Waals surface area (Å²) < 4.78 is 0. The van der Waals surface area contributed by atoms with Crippen LogP contribution in [0.5, 0.6) is 5.75 Å². The predicted molar refractivity (Wildman–Crippen MR) is 115 cm³/mol. The summed E-state index contributed by atoms with van der Waals surface area (Å²) in [4.78, 5) is 70.7. The smallest absolute Gasteiger partial charge is 0.326 e. The van der Waals surface area contributed by atoms with Crippen molar-refractivity contribution in [3.05, 3.63) is 29.8 Å². The first kappa shape index (κ1) is 27.8. The van der Waals surface area contributed by atoms with Gasteiger partial charge >= 0.3 is 11.9 Å². The van der Waals surface area contributed by atoms with Crippen LogP contribution in [-0.2, 0) is 35.2 Å². The second kappa shape index (κ2) is 13.4. The van der Waals surface area contributed by atoms with E-state index in [1.54, 1.807) is 0 Å². The van der Waals surface area contributed by atoms with Gasteiger partial charge in [0.2, 0.25) is 23.6 Å². The zero-order valence-electron chi connectivity index (χ0n) is 18.0. The molecule has 3 atom stereocenters. The quantitative estimate of drug-likeness (QED) is 0.135. The lowest BCUT2D eigenvalue weighted by molar-refractivity contribution is -0.147. The summed E-state index contributed by atoms with van der Waals surface area (Å²) in [6, 6.07) is 1.10. The molecule has 0 spiro atoms. The fraction of sp³-hybridized carbons (Fsp3) is 0.400. The minimum Gasteiger partial charge on any atom is -0.508 e. The molecular weight excluding hydrogens is 454 g/mol. The van der Waals surface area contributed by atoms with Crippen LogP contribution in [-0.4, -0.2) is 75.6 Å². The maximum atomic E-state index is 12.8. The van der Waals surface area contributed by atoms with Gasteiger partial charge in [-0.05, 0) is 24.1 Å². The van der Waals surface area contributed by atoms with Crippen LogP contribution in [0.15, 0.2) is 24.3 Å². The molecule has 0 saturated carbocycles. The number of phenols is 1. The summed E-state index contributed by atoms with van der Waals surface area (Å²) in [6.45, 7) is -0.451. The Balaban J connectivity index is 3.14. The number of carboxylic acid groups (broad SMARTS) is 2. The van der Waals surface area contributed by atoms with E-state index in [4.69, 9.17) is 16.6 Å². The lowest BCUT2D eigenvalue weighted by Crippen LogP contribution is -2.57. The van der Waals surface area contributed by atoms with Crippen molar-refractivity contribution in [2.75, 3.05) is 6.54 Å². The van der Waals surface area contributed by atoms with Gasteiger partial charge in [-0.3, -0.25) is 24.0 Å². The highest BCUT2D eigenvalue weighted by Crippen LogP contribution is 2.12. The first-order chi connectivity index (χ1) is 15.9.